The Kier molecular flexibility index (Phi) is 5.04. The highest BCUT2D eigenvalue weighted by atomic mass is 16.5. The molecule has 22 heavy (non-hydrogen) atoms. The highest BCUT2D eigenvalue weighted by Crippen LogP contribution is 2.17. The lowest BCUT2D eigenvalue weighted by atomic mass is 10.1. The van der Waals surface area contributed by atoms with Crippen LogP contribution in [-0.2, 0) is 4.79 Å². The fraction of sp³-hybridized carbons (Fsp3) is 0.278. The van der Waals surface area contributed by atoms with Crippen molar-refractivity contribution in [1.82, 2.24) is 0 Å². The lowest BCUT2D eigenvalue weighted by Crippen LogP contribution is -2.31. The molecule has 4 heteroatoms. The number of hydrogen-bond donors (Lipinski definition) is 2. The Morgan fingerprint density at radius 1 is 1.00 bits per heavy atom. The van der Waals surface area contributed by atoms with E-state index >= 15 is 0 Å². The molecule has 116 valence electrons. The van der Waals surface area contributed by atoms with Crippen LogP contribution in [0, 0.1) is 13.8 Å². The second-order valence-electron chi connectivity index (χ2n) is 5.38. The van der Waals surface area contributed by atoms with Crippen molar-refractivity contribution in [2.75, 3.05) is 17.7 Å². The van der Waals surface area contributed by atoms with Gasteiger partial charge in [0, 0.05) is 11.4 Å². The van der Waals surface area contributed by atoms with Gasteiger partial charge in [-0.05, 0) is 68.3 Å². The van der Waals surface area contributed by atoms with E-state index in [0.717, 1.165) is 17.1 Å². The molecule has 0 unspecified atom stereocenters. The molecule has 0 heterocycles. The number of carbonyl (C=O) groups is 1. The molecule has 2 aromatic rings. The van der Waals surface area contributed by atoms with Crippen LogP contribution in [0.25, 0.3) is 0 Å². The van der Waals surface area contributed by atoms with Gasteiger partial charge in [-0.3, -0.25) is 4.79 Å². The van der Waals surface area contributed by atoms with Gasteiger partial charge >= 0.3 is 0 Å². The molecule has 4 nitrogen and oxygen atoms in total. The number of benzene rings is 2. The zero-order valence-corrected chi connectivity index (χ0v) is 13.4. The van der Waals surface area contributed by atoms with Crippen LogP contribution in [0.2, 0.25) is 0 Å². The monoisotopic (exact) mass is 298 g/mol. The minimum Gasteiger partial charge on any atom is -0.497 e. The Morgan fingerprint density at radius 2 is 1.64 bits per heavy atom. The summed E-state index contributed by atoms with van der Waals surface area (Å²) in [6, 6.07) is 13.0. The molecule has 2 rings (SSSR count). The smallest absolute Gasteiger partial charge is 0.246 e. The van der Waals surface area contributed by atoms with Gasteiger partial charge in [0.05, 0.1) is 7.11 Å². The first-order valence-electron chi connectivity index (χ1n) is 7.28. The van der Waals surface area contributed by atoms with Gasteiger partial charge in [0.1, 0.15) is 11.8 Å². The molecule has 2 N–H and O–H groups in total. The van der Waals surface area contributed by atoms with E-state index in [1.165, 1.54) is 11.1 Å². The number of amides is 1. The molecule has 0 fully saturated rings. The first-order chi connectivity index (χ1) is 10.5. The highest BCUT2D eigenvalue weighted by Gasteiger charge is 2.13. The third kappa shape index (κ3) is 4.01. The van der Waals surface area contributed by atoms with Crippen molar-refractivity contribution < 1.29 is 9.53 Å². The van der Waals surface area contributed by atoms with Gasteiger partial charge < -0.3 is 15.4 Å². The Labute approximate surface area is 131 Å². The second kappa shape index (κ2) is 6.98. The van der Waals surface area contributed by atoms with Crippen LogP contribution in [0.4, 0.5) is 11.4 Å². The van der Waals surface area contributed by atoms with Crippen molar-refractivity contribution in [2.24, 2.45) is 0 Å². The van der Waals surface area contributed by atoms with Crippen molar-refractivity contribution >= 4 is 17.3 Å². The molecule has 0 saturated heterocycles. The molecule has 1 atom stereocenters. The Hall–Kier alpha value is -2.49. The minimum absolute atomic E-state index is 0.0802. The van der Waals surface area contributed by atoms with Gasteiger partial charge in [-0.15, -0.1) is 0 Å². The van der Waals surface area contributed by atoms with Crippen LogP contribution in [-0.4, -0.2) is 19.1 Å². The molecule has 0 aromatic heterocycles. The van der Waals surface area contributed by atoms with E-state index < -0.39 is 0 Å². The summed E-state index contributed by atoms with van der Waals surface area (Å²) in [4.78, 5) is 12.2. The van der Waals surface area contributed by atoms with E-state index in [2.05, 4.69) is 24.5 Å². The summed E-state index contributed by atoms with van der Waals surface area (Å²) in [5.41, 5.74) is 4.13. The van der Waals surface area contributed by atoms with E-state index in [4.69, 9.17) is 4.74 Å². The summed E-state index contributed by atoms with van der Waals surface area (Å²) < 4.78 is 5.10. The summed E-state index contributed by atoms with van der Waals surface area (Å²) in [7, 11) is 1.61. The van der Waals surface area contributed by atoms with Gasteiger partial charge in [0.25, 0.3) is 0 Å². The maximum Gasteiger partial charge on any atom is 0.246 e. The maximum atomic E-state index is 12.2. The van der Waals surface area contributed by atoms with E-state index in [-0.39, 0.29) is 11.9 Å². The zero-order chi connectivity index (χ0) is 16.1. The third-order valence-corrected chi connectivity index (χ3v) is 3.64. The minimum atomic E-state index is -0.329. The average Bonchev–Trinajstić information content (AvgIpc) is 2.51. The van der Waals surface area contributed by atoms with Crippen molar-refractivity contribution in [3.63, 3.8) is 0 Å². The second-order valence-corrected chi connectivity index (χ2v) is 5.38. The predicted octanol–water partition coefficient (Wildman–Crippen LogP) is 3.75. The SMILES string of the molecule is COc1ccc(NC(=O)[C@@H](C)Nc2ccc(C)c(C)c2)cc1. The molecule has 2 aromatic carbocycles. The number of rotatable bonds is 5. The van der Waals surface area contributed by atoms with Crippen LogP contribution in [0.1, 0.15) is 18.1 Å². The van der Waals surface area contributed by atoms with Crippen LogP contribution in [0.15, 0.2) is 42.5 Å². The van der Waals surface area contributed by atoms with Crippen molar-refractivity contribution in [3.8, 4) is 5.75 Å². The van der Waals surface area contributed by atoms with Gasteiger partial charge in [-0.2, -0.15) is 0 Å². The molecule has 0 bridgehead atoms. The number of anilines is 2. The summed E-state index contributed by atoms with van der Waals surface area (Å²) >= 11 is 0. The molecule has 0 aliphatic heterocycles. The number of methoxy groups -OCH3 is 1. The molecule has 0 spiro atoms. The summed E-state index contributed by atoms with van der Waals surface area (Å²) in [5.74, 6) is 0.683. The number of hydrogen-bond acceptors (Lipinski definition) is 3. The lowest BCUT2D eigenvalue weighted by Gasteiger charge is -2.16. The fourth-order valence-corrected chi connectivity index (χ4v) is 2.07. The normalized spacial score (nSPS) is 11.6. The van der Waals surface area contributed by atoms with Gasteiger partial charge in [0.2, 0.25) is 5.91 Å². The van der Waals surface area contributed by atoms with E-state index in [0.29, 0.717) is 0 Å². The van der Waals surface area contributed by atoms with Crippen molar-refractivity contribution in [1.29, 1.82) is 0 Å². The molecule has 0 saturated carbocycles. The fourth-order valence-electron chi connectivity index (χ4n) is 2.07. The zero-order valence-electron chi connectivity index (χ0n) is 13.4. The van der Waals surface area contributed by atoms with Crippen LogP contribution >= 0.6 is 0 Å². The van der Waals surface area contributed by atoms with Crippen LogP contribution < -0.4 is 15.4 Å². The Morgan fingerprint density at radius 3 is 2.23 bits per heavy atom. The Bertz CT molecular complexity index is 651. The molecule has 1 amide bonds. The Balaban J connectivity index is 1.97. The van der Waals surface area contributed by atoms with E-state index in [9.17, 15) is 4.79 Å². The van der Waals surface area contributed by atoms with Crippen LogP contribution in [0.5, 0.6) is 5.75 Å². The highest BCUT2D eigenvalue weighted by molar-refractivity contribution is 5.96. The van der Waals surface area contributed by atoms with E-state index in [1.54, 1.807) is 7.11 Å². The third-order valence-electron chi connectivity index (χ3n) is 3.64. The number of nitrogens with one attached hydrogen (secondary N) is 2. The van der Waals surface area contributed by atoms with Crippen LogP contribution in [0.3, 0.4) is 0 Å². The molecular formula is C18H22N2O2. The first-order valence-corrected chi connectivity index (χ1v) is 7.28. The topological polar surface area (TPSA) is 50.4 Å². The predicted molar refractivity (Wildman–Crippen MR) is 90.6 cm³/mol. The molecule has 0 aliphatic carbocycles. The number of aryl methyl sites for hydroxylation is 2. The standard InChI is InChI=1S/C18H22N2O2/c1-12-5-6-16(11-13(12)2)19-14(3)18(21)20-15-7-9-17(22-4)10-8-15/h5-11,14,19H,1-4H3,(H,20,21)/t14-/m1/s1. The maximum absolute atomic E-state index is 12.2. The van der Waals surface area contributed by atoms with Gasteiger partial charge in [0.15, 0.2) is 0 Å². The summed E-state index contributed by atoms with van der Waals surface area (Å²) in [6.45, 7) is 5.97. The number of ether oxygens (including phenoxy) is 1. The van der Waals surface area contributed by atoms with Gasteiger partial charge in [-0.25, -0.2) is 0 Å². The first kappa shape index (κ1) is 15.9. The molecular weight excluding hydrogens is 276 g/mol. The lowest BCUT2D eigenvalue weighted by molar-refractivity contribution is -0.116. The van der Waals surface area contributed by atoms with Crippen molar-refractivity contribution in [3.05, 3.63) is 53.6 Å². The van der Waals surface area contributed by atoms with Crippen molar-refractivity contribution in [2.45, 2.75) is 26.8 Å². The summed E-state index contributed by atoms with van der Waals surface area (Å²) in [6.07, 6.45) is 0. The molecule has 0 radical (unpaired) electrons. The quantitative estimate of drug-likeness (QED) is 0.884. The largest absolute Gasteiger partial charge is 0.497 e. The van der Waals surface area contributed by atoms with E-state index in [1.807, 2.05) is 49.4 Å². The number of carbonyl (C=O) groups excluding carboxylic acids is 1. The molecule has 0 aliphatic rings. The van der Waals surface area contributed by atoms with Gasteiger partial charge in [-0.1, -0.05) is 6.07 Å². The summed E-state index contributed by atoms with van der Waals surface area (Å²) in [5, 5.41) is 6.10. The average molecular weight is 298 g/mol.